The highest BCUT2D eigenvalue weighted by Crippen LogP contribution is 2.22. The lowest BCUT2D eigenvalue weighted by Crippen LogP contribution is -1.81. The molecule has 2 aromatic rings. The Morgan fingerprint density at radius 1 is 1.33 bits per heavy atom. The van der Waals surface area contributed by atoms with E-state index in [-0.39, 0.29) is 12.4 Å². The number of rotatable bonds is 2. The zero-order valence-electron chi connectivity index (χ0n) is 8.42. The van der Waals surface area contributed by atoms with Gasteiger partial charge < -0.3 is 10.1 Å². The van der Waals surface area contributed by atoms with E-state index in [1.165, 1.54) is 12.1 Å². The van der Waals surface area contributed by atoms with Crippen molar-refractivity contribution in [2.24, 2.45) is 0 Å². The highest BCUT2D eigenvalue weighted by Gasteiger charge is 2.05. The fourth-order valence-corrected chi connectivity index (χ4v) is 1.58. The van der Waals surface area contributed by atoms with E-state index in [0.29, 0.717) is 0 Å². The average Bonchev–Trinajstić information content (AvgIpc) is 2.60. The maximum absolute atomic E-state index is 13.0. The third kappa shape index (κ3) is 1.92. The van der Waals surface area contributed by atoms with E-state index in [0.717, 1.165) is 22.5 Å². The number of aromatic amines is 1. The van der Waals surface area contributed by atoms with Crippen LogP contribution < -0.4 is 0 Å². The first-order valence-electron chi connectivity index (χ1n) is 4.76. The molecule has 0 aliphatic carbocycles. The minimum Gasteiger partial charge on any atom is -0.392 e. The molecule has 0 saturated carbocycles. The summed E-state index contributed by atoms with van der Waals surface area (Å²) in [6.45, 7) is 1.88. The lowest BCUT2D eigenvalue weighted by molar-refractivity contribution is 0.281. The Morgan fingerprint density at radius 2 is 2.13 bits per heavy atom. The third-order valence-corrected chi connectivity index (χ3v) is 2.43. The molecule has 0 aliphatic heterocycles. The standard InChI is InChI=1S/C12H12FNO/c1-8-10(7-15)6-12(14-8)9-3-2-4-11(13)5-9/h2-6,14-15H,7H2,1H3. The number of hydrogen-bond donors (Lipinski definition) is 2. The minimum absolute atomic E-state index is 0.00233. The summed E-state index contributed by atoms with van der Waals surface area (Å²) in [6.07, 6.45) is 0. The van der Waals surface area contributed by atoms with Crippen LogP contribution in [0.2, 0.25) is 0 Å². The molecule has 1 heterocycles. The van der Waals surface area contributed by atoms with Gasteiger partial charge in [0, 0.05) is 17.0 Å². The van der Waals surface area contributed by atoms with Gasteiger partial charge >= 0.3 is 0 Å². The van der Waals surface area contributed by atoms with E-state index in [2.05, 4.69) is 4.98 Å². The first-order valence-corrected chi connectivity index (χ1v) is 4.76. The molecule has 2 rings (SSSR count). The summed E-state index contributed by atoms with van der Waals surface area (Å²) in [4.78, 5) is 3.11. The van der Waals surface area contributed by atoms with E-state index < -0.39 is 0 Å². The van der Waals surface area contributed by atoms with Crippen molar-refractivity contribution in [2.75, 3.05) is 0 Å². The maximum atomic E-state index is 13.0. The van der Waals surface area contributed by atoms with Crippen LogP contribution >= 0.6 is 0 Å². The first kappa shape index (κ1) is 9.93. The van der Waals surface area contributed by atoms with Crippen molar-refractivity contribution in [2.45, 2.75) is 13.5 Å². The highest BCUT2D eigenvalue weighted by molar-refractivity contribution is 5.61. The molecule has 0 fully saturated rings. The molecule has 15 heavy (non-hydrogen) atoms. The predicted octanol–water partition coefficient (Wildman–Crippen LogP) is 2.62. The number of H-pyrrole nitrogens is 1. The van der Waals surface area contributed by atoms with Gasteiger partial charge in [0.15, 0.2) is 0 Å². The molecule has 1 aromatic heterocycles. The van der Waals surface area contributed by atoms with Crippen LogP contribution in [0.5, 0.6) is 0 Å². The van der Waals surface area contributed by atoms with Crippen LogP contribution in [-0.2, 0) is 6.61 Å². The minimum atomic E-state index is -0.259. The molecular weight excluding hydrogens is 193 g/mol. The summed E-state index contributed by atoms with van der Waals surface area (Å²) in [5.74, 6) is -0.259. The van der Waals surface area contributed by atoms with Crippen molar-refractivity contribution in [3.8, 4) is 11.3 Å². The number of aryl methyl sites for hydroxylation is 1. The lowest BCUT2D eigenvalue weighted by atomic mass is 10.1. The molecule has 0 spiro atoms. The molecule has 0 aliphatic rings. The molecule has 0 amide bonds. The first-order chi connectivity index (χ1) is 7.20. The molecule has 3 heteroatoms. The number of aromatic nitrogens is 1. The second-order valence-corrected chi connectivity index (χ2v) is 3.50. The summed E-state index contributed by atoms with van der Waals surface area (Å²) < 4.78 is 13.0. The van der Waals surface area contributed by atoms with Crippen LogP contribution in [0.3, 0.4) is 0 Å². The van der Waals surface area contributed by atoms with Gasteiger partial charge in [0.2, 0.25) is 0 Å². The second-order valence-electron chi connectivity index (χ2n) is 3.50. The van der Waals surface area contributed by atoms with Crippen LogP contribution in [0, 0.1) is 12.7 Å². The molecule has 2 N–H and O–H groups in total. The Kier molecular flexibility index (Phi) is 2.56. The van der Waals surface area contributed by atoms with E-state index in [4.69, 9.17) is 5.11 Å². The van der Waals surface area contributed by atoms with Gasteiger partial charge in [-0.15, -0.1) is 0 Å². The largest absolute Gasteiger partial charge is 0.392 e. The Bertz CT molecular complexity index is 476. The smallest absolute Gasteiger partial charge is 0.123 e. The van der Waals surface area contributed by atoms with E-state index >= 15 is 0 Å². The van der Waals surface area contributed by atoms with Crippen molar-refractivity contribution >= 4 is 0 Å². The topological polar surface area (TPSA) is 36.0 Å². The van der Waals surface area contributed by atoms with Gasteiger partial charge in [-0.25, -0.2) is 4.39 Å². The summed E-state index contributed by atoms with van der Waals surface area (Å²) >= 11 is 0. The van der Waals surface area contributed by atoms with Crippen LogP contribution in [0.25, 0.3) is 11.3 Å². The number of nitrogens with one attached hydrogen (secondary N) is 1. The van der Waals surface area contributed by atoms with E-state index in [9.17, 15) is 4.39 Å². The fourth-order valence-electron chi connectivity index (χ4n) is 1.58. The summed E-state index contributed by atoms with van der Waals surface area (Å²) in [7, 11) is 0. The van der Waals surface area contributed by atoms with Crippen molar-refractivity contribution in [3.63, 3.8) is 0 Å². The van der Waals surface area contributed by atoms with Crippen LogP contribution in [-0.4, -0.2) is 10.1 Å². The molecular formula is C12H12FNO. The van der Waals surface area contributed by atoms with Gasteiger partial charge in [0.25, 0.3) is 0 Å². The van der Waals surface area contributed by atoms with Crippen molar-refractivity contribution in [3.05, 3.63) is 47.4 Å². The van der Waals surface area contributed by atoms with Crippen LogP contribution in [0.1, 0.15) is 11.3 Å². The van der Waals surface area contributed by atoms with Crippen molar-refractivity contribution in [1.82, 2.24) is 4.98 Å². The molecule has 0 unspecified atom stereocenters. The number of aliphatic hydroxyl groups is 1. The molecule has 0 atom stereocenters. The zero-order valence-corrected chi connectivity index (χ0v) is 8.42. The molecule has 0 saturated heterocycles. The Hall–Kier alpha value is -1.61. The number of benzene rings is 1. The number of aliphatic hydroxyl groups excluding tert-OH is 1. The van der Waals surface area contributed by atoms with Crippen LogP contribution in [0.4, 0.5) is 4.39 Å². The highest BCUT2D eigenvalue weighted by atomic mass is 19.1. The van der Waals surface area contributed by atoms with Crippen LogP contribution in [0.15, 0.2) is 30.3 Å². The Balaban J connectivity index is 2.45. The van der Waals surface area contributed by atoms with E-state index in [1.54, 1.807) is 6.07 Å². The fraction of sp³-hybridized carbons (Fsp3) is 0.167. The molecule has 0 radical (unpaired) electrons. The molecule has 2 nitrogen and oxygen atoms in total. The predicted molar refractivity (Wildman–Crippen MR) is 56.8 cm³/mol. The molecule has 78 valence electrons. The Morgan fingerprint density at radius 3 is 2.73 bits per heavy atom. The normalized spacial score (nSPS) is 10.6. The molecule has 0 bridgehead atoms. The summed E-state index contributed by atoms with van der Waals surface area (Å²) in [5, 5.41) is 9.04. The number of halogens is 1. The summed E-state index contributed by atoms with van der Waals surface area (Å²) in [5.41, 5.74) is 3.37. The quantitative estimate of drug-likeness (QED) is 0.776. The third-order valence-electron chi connectivity index (χ3n) is 2.43. The monoisotopic (exact) mass is 205 g/mol. The van der Waals surface area contributed by atoms with Gasteiger partial charge in [-0.3, -0.25) is 0 Å². The van der Waals surface area contributed by atoms with Gasteiger partial charge in [-0.05, 0) is 30.7 Å². The zero-order chi connectivity index (χ0) is 10.8. The van der Waals surface area contributed by atoms with Crippen molar-refractivity contribution in [1.29, 1.82) is 0 Å². The van der Waals surface area contributed by atoms with Crippen molar-refractivity contribution < 1.29 is 9.50 Å². The van der Waals surface area contributed by atoms with Gasteiger partial charge in [0.05, 0.1) is 6.61 Å². The number of hydrogen-bond acceptors (Lipinski definition) is 1. The average molecular weight is 205 g/mol. The maximum Gasteiger partial charge on any atom is 0.123 e. The lowest BCUT2D eigenvalue weighted by Gasteiger charge is -1.97. The summed E-state index contributed by atoms with van der Waals surface area (Å²) in [6, 6.07) is 8.21. The second kappa shape index (κ2) is 3.87. The van der Waals surface area contributed by atoms with Gasteiger partial charge in [-0.1, -0.05) is 12.1 Å². The van der Waals surface area contributed by atoms with E-state index in [1.807, 2.05) is 19.1 Å². The van der Waals surface area contributed by atoms with Gasteiger partial charge in [-0.2, -0.15) is 0 Å². The SMILES string of the molecule is Cc1[nH]c(-c2cccc(F)c2)cc1CO. The van der Waals surface area contributed by atoms with Gasteiger partial charge in [0.1, 0.15) is 5.82 Å². The Labute approximate surface area is 87.4 Å². The molecule has 1 aromatic carbocycles.